The number of likely N-dealkylation sites (tertiary alicyclic amines) is 1. The molecule has 0 unspecified atom stereocenters. The molecule has 37 heavy (non-hydrogen) atoms. The number of piperidine rings is 1. The van der Waals surface area contributed by atoms with Gasteiger partial charge in [0.15, 0.2) is 0 Å². The molecule has 1 amide bonds. The molecule has 1 saturated carbocycles. The van der Waals surface area contributed by atoms with Crippen LogP contribution in [0.25, 0.3) is 0 Å². The lowest BCUT2D eigenvalue weighted by molar-refractivity contribution is -0.165. The van der Waals surface area contributed by atoms with Crippen molar-refractivity contribution >= 4 is 11.9 Å². The zero-order valence-corrected chi connectivity index (χ0v) is 22.4. The maximum absolute atomic E-state index is 13.4. The van der Waals surface area contributed by atoms with Crippen LogP contribution in [-0.4, -0.2) is 76.9 Å². The number of aliphatic hydroxyl groups excluding tert-OH is 2. The van der Waals surface area contributed by atoms with Gasteiger partial charge in [0, 0.05) is 25.6 Å². The summed E-state index contributed by atoms with van der Waals surface area (Å²) in [5, 5.41) is 21.1. The highest BCUT2D eigenvalue weighted by Gasteiger charge is 2.42. The molecule has 0 bridgehead atoms. The van der Waals surface area contributed by atoms with Crippen molar-refractivity contribution in [3.63, 3.8) is 0 Å². The average molecular weight is 515 g/mol. The molecule has 3 aliphatic rings. The Morgan fingerprint density at radius 1 is 0.838 bits per heavy atom. The first-order valence-electron chi connectivity index (χ1n) is 14.6. The second kappa shape index (κ2) is 13.7. The zero-order valence-electron chi connectivity index (χ0n) is 22.4. The lowest BCUT2D eigenvalue weighted by atomic mass is 9.74. The summed E-state index contributed by atoms with van der Waals surface area (Å²) < 4.78 is 5.62. The van der Waals surface area contributed by atoms with Gasteiger partial charge in [-0.2, -0.15) is 0 Å². The Kier molecular flexibility index (Phi) is 10.4. The van der Waals surface area contributed by atoms with Gasteiger partial charge >= 0.3 is 5.97 Å². The normalized spacial score (nSPS) is 27.4. The summed E-state index contributed by atoms with van der Waals surface area (Å²) in [6, 6.07) is 10.4. The molecule has 206 valence electrons. The van der Waals surface area contributed by atoms with E-state index < -0.39 is 17.6 Å². The van der Waals surface area contributed by atoms with Gasteiger partial charge in [0.05, 0.1) is 11.5 Å². The molecule has 0 aromatic heterocycles. The fraction of sp³-hybridized carbons (Fsp3) is 0.733. The van der Waals surface area contributed by atoms with E-state index in [4.69, 9.17) is 4.74 Å². The summed E-state index contributed by atoms with van der Waals surface area (Å²) in [5.41, 5.74) is 0.702. The van der Waals surface area contributed by atoms with Gasteiger partial charge in [0.1, 0.15) is 12.7 Å². The van der Waals surface area contributed by atoms with E-state index in [-0.39, 0.29) is 30.8 Å². The number of cyclic esters (lactones) is 1. The Morgan fingerprint density at radius 3 is 2.24 bits per heavy atom. The highest BCUT2D eigenvalue weighted by atomic mass is 16.5. The van der Waals surface area contributed by atoms with E-state index >= 15 is 0 Å². The molecule has 4 rings (SSSR count). The van der Waals surface area contributed by atoms with Crippen molar-refractivity contribution in [2.45, 2.75) is 95.8 Å². The first kappa shape index (κ1) is 28.1. The molecule has 2 atom stereocenters. The van der Waals surface area contributed by atoms with E-state index in [9.17, 15) is 19.8 Å². The molecule has 2 saturated heterocycles. The number of hydrogen-bond donors (Lipinski definition) is 2. The standard InChI is InChI=1S/C30H46N2O5/c33-26-14-19-32(28(35)25-12-6-1-2-7-13-25)18-9-8-15-30(29(36)37-23-27(26)34)16-20-31(21-17-30)22-24-10-4-3-5-11-24/h3-5,10-11,25-27,33-34H,1-2,6-9,12-23H2/t26-,27+/m0/s1. The quantitative estimate of drug-likeness (QED) is 0.470. The van der Waals surface area contributed by atoms with Gasteiger partial charge < -0.3 is 19.8 Å². The third-order valence-electron chi connectivity index (χ3n) is 8.87. The monoisotopic (exact) mass is 514 g/mol. The number of aliphatic hydroxyl groups is 2. The Morgan fingerprint density at radius 2 is 1.54 bits per heavy atom. The number of hydrogen-bond acceptors (Lipinski definition) is 6. The van der Waals surface area contributed by atoms with Gasteiger partial charge in [0.25, 0.3) is 0 Å². The number of nitrogens with zero attached hydrogens (tertiary/aromatic N) is 2. The Hall–Kier alpha value is -1.96. The number of esters is 1. The fourth-order valence-corrected chi connectivity index (χ4v) is 6.33. The summed E-state index contributed by atoms with van der Waals surface area (Å²) in [7, 11) is 0. The van der Waals surface area contributed by atoms with Crippen LogP contribution in [0.2, 0.25) is 0 Å². The molecule has 2 N–H and O–H groups in total. The van der Waals surface area contributed by atoms with Crippen molar-refractivity contribution in [1.29, 1.82) is 0 Å². The Labute approximate surface area is 222 Å². The van der Waals surface area contributed by atoms with Crippen molar-refractivity contribution in [3.8, 4) is 0 Å². The number of rotatable bonds is 3. The first-order valence-corrected chi connectivity index (χ1v) is 14.6. The number of carbonyl (C=O) groups is 2. The summed E-state index contributed by atoms with van der Waals surface area (Å²) >= 11 is 0. The SMILES string of the molecule is O=C(C1CCCCCC1)N1CCCCC2(CCN(Cc3ccccc3)CC2)C(=O)OC[C@@H](O)[C@@H](O)CC1. The van der Waals surface area contributed by atoms with Crippen LogP contribution in [0.3, 0.4) is 0 Å². The van der Waals surface area contributed by atoms with E-state index in [1.54, 1.807) is 0 Å². The summed E-state index contributed by atoms with van der Waals surface area (Å²) in [6.45, 7) is 3.38. The Balaban J connectivity index is 1.40. The lowest BCUT2D eigenvalue weighted by Gasteiger charge is -2.40. The lowest BCUT2D eigenvalue weighted by Crippen LogP contribution is -2.45. The third-order valence-corrected chi connectivity index (χ3v) is 8.87. The van der Waals surface area contributed by atoms with Gasteiger partial charge in [-0.25, -0.2) is 0 Å². The molecule has 7 nitrogen and oxygen atoms in total. The van der Waals surface area contributed by atoms with Crippen LogP contribution in [0.15, 0.2) is 30.3 Å². The largest absolute Gasteiger partial charge is 0.462 e. The van der Waals surface area contributed by atoms with Crippen LogP contribution in [-0.2, 0) is 20.9 Å². The highest BCUT2D eigenvalue weighted by Crippen LogP contribution is 2.39. The van der Waals surface area contributed by atoms with Crippen LogP contribution in [0.5, 0.6) is 0 Å². The van der Waals surface area contributed by atoms with E-state index in [2.05, 4.69) is 29.2 Å². The minimum Gasteiger partial charge on any atom is -0.462 e. The van der Waals surface area contributed by atoms with Crippen LogP contribution in [0.4, 0.5) is 0 Å². The minimum atomic E-state index is -1.14. The van der Waals surface area contributed by atoms with Crippen molar-refractivity contribution in [2.75, 3.05) is 32.8 Å². The molecular formula is C30H46N2O5. The van der Waals surface area contributed by atoms with Gasteiger partial charge in [-0.1, -0.05) is 62.4 Å². The molecule has 2 heterocycles. The predicted molar refractivity (Wildman–Crippen MR) is 143 cm³/mol. The predicted octanol–water partition coefficient (Wildman–Crippen LogP) is 3.91. The number of benzene rings is 1. The minimum absolute atomic E-state index is 0.0745. The molecule has 1 spiro atoms. The topological polar surface area (TPSA) is 90.3 Å². The molecule has 0 radical (unpaired) electrons. The van der Waals surface area contributed by atoms with Crippen molar-refractivity contribution in [3.05, 3.63) is 35.9 Å². The van der Waals surface area contributed by atoms with E-state index in [1.807, 2.05) is 11.0 Å². The van der Waals surface area contributed by atoms with Gasteiger partial charge in [-0.05, 0) is 63.6 Å². The summed E-state index contributed by atoms with van der Waals surface area (Å²) in [4.78, 5) is 31.0. The van der Waals surface area contributed by atoms with E-state index in [1.165, 1.54) is 18.4 Å². The van der Waals surface area contributed by atoms with Gasteiger partial charge in [-0.15, -0.1) is 0 Å². The molecule has 1 aromatic carbocycles. The summed E-state index contributed by atoms with van der Waals surface area (Å²) in [5.74, 6) is 0.0314. The third kappa shape index (κ3) is 7.78. The molecule has 7 heteroatoms. The molecule has 3 fully saturated rings. The second-order valence-electron chi connectivity index (χ2n) is 11.5. The number of amides is 1. The fourth-order valence-electron chi connectivity index (χ4n) is 6.33. The number of ether oxygens (including phenoxy) is 1. The van der Waals surface area contributed by atoms with Gasteiger partial charge in [-0.3, -0.25) is 14.5 Å². The van der Waals surface area contributed by atoms with Crippen LogP contribution >= 0.6 is 0 Å². The van der Waals surface area contributed by atoms with Crippen molar-refractivity contribution < 1.29 is 24.5 Å². The van der Waals surface area contributed by atoms with E-state index in [0.29, 0.717) is 13.1 Å². The number of carbonyl (C=O) groups excluding carboxylic acids is 2. The molecule has 1 aliphatic carbocycles. The van der Waals surface area contributed by atoms with Crippen LogP contribution in [0.1, 0.15) is 82.6 Å². The average Bonchev–Trinajstić information content (AvgIpc) is 3.21. The first-order chi connectivity index (χ1) is 18.0. The molecule has 2 aliphatic heterocycles. The summed E-state index contributed by atoms with van der Waals surface area (Å²) in [6.07, 6.45) is 8.50. The van der Waals surface area contributed by atoms with Crippen LogP contribution < -0.4 is 0 Å². The van der Waals surface area contributed by atoms with Crippen LogP contribution in [0, 0.1) is 11.3 Å². The van der Waals surface area contributed by atoms with Gasteiger partial charge in [0.2, 0.25) is 5.91 Å². The smallest absolute Gasteiger partial charge is 0.312 e. The maximum Gasteiger partial charge on any atom is 0.312 e. The highest BCUT2D eigenvalue weighted by molar-refractivity contribution is 5.79. The van der Waals surface area contributed by atoms with E-state index in [0.717, 1.165) is 77.4 Å². The Bertz CT molecular complexity index is 847. The van der Waals surface area contributed by atoms with Crippen molar-refractivity contribution in [1.82, 2.24) is 9.80 Å². The second-order valence-corrected chi connectivity index (χ2v) is 11.5. The molecular weight excluding hydrogens is 468 g/mol. The maximum atomic E-state index is 13.4. The molecule has 1 aromatic rings. The zero-order chi connectivity index (χ0) is 26.1. The van der Waals surface area contributed by atoms with Crippen molar-refractivity contribution in [2.24, 2.45) is 11.3 Å².